The average molecular weight is 341 g/mol. The van der Waals surface area contributed by atoms with Gasteiger partial charge in [-0.1, -0.05) is 30.3 Å². The molecule has 0 amide bonds. The van der Waals surface area contributed by atoms with Gasteiger partial charge < -0.3 is 15.2 Å². The minimum atomic E-state index is -0.416. The van der Waals surface area contributed by atoms with Crippen molar-refractivity contribution in [1.29, 1.82) is 0 Å². The number of aromatic nitrogens is 1. The molecule has 134 valence electrons. The van der Waals surface area contributed by atoms with Gasteiger partial charge in [0.25, 0.3) is 0 Å². The highest BCUT2D eigenvalue weighted by molar-refractivity contribution is 5.16. The van der Waals surface area contributed by atoms with E-state index < -0.39 is 5.54 Å². The smallest absolute Gasteiger partial charge is 0.0807 e. The molecule has 2 N–H and O–H groups in total. The highest BCUT2D eigenvalue weighted by Crippen LogP contribution is 2.26. The lowest BCUT2D eigenvalue weighted by atomic mass is 9.94. The van der Waals surface area contributed by atoms with Gasteiger partial charge in [0.1, 0.15) is 0 Å². The van der Waals surface area contributed by atoms with E-state index in [0.29, 0.717) is 19.8 Å². The fraction of sp³-hybridized carbons (Fsp3) is 0.450. The van der Waals surface area contributed by atoms with Crippen molar-refractivity contribution in [3.63, 3.8) is 0 Å². The molecular formula is C20H27N3O2. The van der Waals surface area contributed by atoms with Crippen molar-refractivity contribution in [2.45, 2.75) is 31.6 Å². The fourth-order valence-corrected chi connectivity index (χ4v) is 3.45. The number of nitrogens with one attached hydrogen (secondary N) is 1. The first-order chi connectivity index (χ1) is 12.2. The van der Waals surface area contributed by atoms with Gasteiger partial charge in [-0.2, -0.15) is 0 Å². The second-order valence-corrected chi connectivity index (χ2v) is 6.82. The van der Waals surface area contributed by atoms with Crippen molar-refractivity contribution in [3.05, 3.63) is 66.0 Å². The van der Waals surface area contributed by atoms with Crippen molar-refractivity contribution in [2.24, 2.45) is 0 Å². The minimum absolute atomic E-state index is 0.0630. The summed E-state index contributed by atoms with van der Waals surface area (Å²) in [6, 6.07) is 14.7. The molecule has 0 aliphatic carbocycles. The Balaban J connectivity index is 1.70. The van der Waals surface area contributed by atoms with Gasteiger partial charge in [0.05, 0.1) is 25.4 Å². The number of ether oxygens (including phenoxy) is 1. The van der Waals surface area contributed by atoms with Gasteiger partial charge in [0.2, 0.25) is 0 Å². The van der Waals surface area contributed by atoms with Gasteiger partial charge in [-0.25, -0.2) is 0 Å². The van der Waals surface area contributed by atoms with Gasteiger partial charge in [-0.3, -0.25) is 9.88 Å². The molecule has 25 heavy (non-hydrogen) atoms. The van der Waals surface area contributed by atoms with Crippen LogP contribution in [0.1, 0.15) is 18.1 Å². The van der Waals surface area contributed by atoms with Gasteiger partial charge >= 0.3 is 0 Å². The fourth-order valence-electron chi connectivity index (χ4n) is 3.45. The maximum absolute atomic E-state index is 10.2. The Hall–Kier alpha value is -1.79. The zero-order chi connectivity index (χ0) is 17.5. The van der Waals surface area contributed by atoms with Crippen molar-refractivity contribution in [3.8, 4) is 0 Å². The number of rotatable bonds is 7. The van der Waals surface area contributed by atoms with Crippen LogP contribution in [0.4, 0.5) is 0 Å². The van der Waals surface area contributed by atoms with E-state index in [-0.39, 0.29) is 12.6 Å². The van der Waals surface area contributed by atoms with Crippen LogP contribution in [0.15, 0.2) is 54.9 Å². The van der Waals surface area contributed by atoms with E-state index in [2.05, 4.69) is 46.4 Å². The maximum atomic E-state index is 10.2. The third kappa shape index (κ3) is 4.44. The van der Waals surface area contributed by atoms with Crippen molar-refractivity contribution in [2.75, 3.05) is 26.4 Å². The van der Waals surface area contributed by atoms with E-state index in [9.17, 15) is 5.11 Å². The van der Waals surface area contributed by atoms with Crippen LogP contribution in [-0.4, -0.2) is 52.9 Å². The summed E-state index contributed by atoms with van der Waals surface area (Å²) in [6.45, 7) is 5.68. The molecule has 1 aromatic carbocycles. The number of aliphatic hydroxyl groups is 1. The predicted octanol–water partition coefficient (Wildman–Crippen LogP) is 1.82. The molecule has 0 saturated carbocycles. The molecule has 1 fully saturated rings. The average Bonchev–Trinajstić information content (AvgIpc) is 2.66. The van der Waals surface area contributed by atoms with Crippen LogP contribution in [0.3, 0.4) is 0 Å². The largest absolute Gasteiger partial charge is 0.394 e. The molecule has 0 spiro atoms. The Morgan fingerprint density at radius 3 is 2.68 bits per heavy atom. The topological polar surface area (TPSA) is 57.6 Å². The van der Waals surface area contributed by atoms with Gasteiger partial charge in [-0.05, 0) is 30.2 Å². The Kier molecular flexibility index (Phi) is 6.15. The molecule has 5 heteroatoms. The minimum Gasteiger partial charge on any atom is -0.394 e. The van der Waals surface area contributed by atoms with Crippen molar-refractivity contribution < 1.29 is 9.84 Å². The summed E-state index contributed by atoms with van der Waals surface area (Å²) in [6.07, 6.45) is 3.60. The molecule has 2 atom stereocenters. The summed E-state index contributed by atoms with van der Waals surface area (Å²) in [5.41, 5.74) is 2.02. The van der Waals surface area contributed by atoms with Gasteiger partial charge in [-0.15, -0.1) is 0 Å². The lowest BCUT2D eigenvalue weighted by Crippen LogP contribution is -2.66. The molecule has 1 saturated heterocycles. The van der Waals surface area contributed by atoms with E-state index >= 15 is 0 Å². The molecule has 5 nitrogen and oxygen atoms in total. The molecule has 2 heterocycles. The Labute approximate surface area is 149 Å². The normalized spacial score (nSPS) is 24.3. The lowest BCUT2D eigenvalue weighted by Gasteiger charge is -2.49. The van der Waals surface area contributed by atoms with E-state index in [4.69, 9.17) is 4.74 Å². The molecule has 0 unspecified atom stereocenters. The van der Waals surface area contributed by atoms with Gasteiger partial charge in [0, 0.05) is 38.1 Å². The SMILES string of the molecule is C[C@@H]1COC[C@@](CO)(CNCc2ccncc2)N1Cc1ccccc1. The Morgan fingerprint density at radius 2 is 1.96 bits per heavy atom. The third-order valence-corrected chi connectivity index (χ3v) is 4.89. The predicted molar refractivity (Wildman–Crippen MR) is 98.0 cm³/mol. The molecule has 1 aliphatic heterocycles. The van der Waals surface area contributed by atoms with Crippen LogP contribution in [0.25, 0.3) is 0 Å². The summed E-state index contributed by atoms with van der Waals surface area (Å²) in [5, 5.41) is 13.7. The highest BCUT2D eigenvalue weighted by Gasteiger charge is 2.42. The van der Waals surface area contributed by atoms with Gasteiger partial charge in [0.15, 0.2) is 0 Å². The molecule has 0 bridgehead atoms. The first kappa shape index (κ1) is 18.0. The third-order valence-electron chi connectivity index (χ3n) is 4.89. The van der Waals surface area contributed by atoms with Crippen LogP contribution in [-0.2, 0) is 17.8 Å². The van der Waals surface area contributed by atoms with Crippen LogP contribution in [0.2, 0.25) is 0 Å². The van der Waals surface area contributed by atoms with E-state index in [0.717, 1.165) is 13.1 Å². The standard InChI is InChI=1S/C20H27N3O2/c1-17-13-25-16-20(15-24,14-22-11-18-7-9-21-10-8-18)23(17)12-19-5-3-2-4-6-19/h2-10,17,22,24H,11-16H2,1H3/t17-,20+/m1/s1. The molecule has 1 aliphatic rings. The first-order valence-electron chi connectivity index (χ1n) is 8.82. The van der Waals surface area contributed by atoms with Crippen LogP contribution < -0.4 is 5.32 Å². The number of nitrogens with zero attached hydrogens (tertiary/aromatic N) is 2. The number of morpholine rings is 1. The summed E-state index contributed by atoms with van der Waals surface area (Å²) < 4.78 is 5.81. The number of aliphatic hydroxyl groups excluding tert-OH is 1. The first-order valence-corrected chi connectivity index (χ1v) is 8.82. The summed E-state index contributed by atoms with van der Waals surface area (Å²) in [7, 11) is 0. The molecule has 0 radical (unpaired) electrons. The van der Waals surface area contributed by atoms with E-state index in [1.807, 2.05) is 18.2 Å². The number of benzene rings is 1. The van der Waals surface area contributed by atoms with Crippen LogP contribution >= 0.6 is 0 Å². The number of hydrogen-bond donors (Lipinski definition) is 2. The Morgan fingerprint density at radius 1 is 1.20 bits per heavy atom. The Bertz CT molecular complexity index is 638. The monoisotopic (exact) mass is 341 g/mol. The highest BCUT2D eigenvalue weighted by atomic mass is 16.5. The second kappa shape index (κ2) is 8.54. The van der Waals surface area contributed by atoms with E-state index in [1.165, 1.54) is 11.1 Å². The molecule has 3 rings (SSSR count). The summed E-state index contributed by atoms with van der Waals surface area (Å²) in [4.78, 5) is 6.43. The molecular weight excluding hydrogens is 314 g/mol. The second-order valence-electron chi connectivity index (χ2n) is 6.82. The van der Waals surface area contributed by atoms with Crippen molar-refractivity contribution >= 4 is 0 Å². The summed E-state index contributed by atoms with van der Waals surface area (Å²) >= 11 is 0. The lowest BCUT2D eigenvalue weighted by molar-refractivity contribution is -0.122. The van der Waals surface area contributed by atoms with E-state index in [1.54, 1.807) is 12.4 Å². The molecule has 2 aromatic rings. The van der Waals surface area contributed by atoms with Crippen molar-refractivity contribution in [1.82, 2.24) is 15.2 Å². The molecule has 1 aromatic heterocycles. The summed E-state index contributed by atoms with van der Waals surface area (Å²) in [5.74, 6) is 0. The number of hydrogen-bond acceptors (Lipinski definition) is 5. The van der Waals surface area contributed by atoms with Crippen LogP contribution in [0.5, 0.6) is 0 Å². The zero-order valence-electron chi connectivity index (χ0n) is 14.8. The van der Waals surface area contributed by atoms with Crippen LogP contribution in [0, 0.1) is 0 Å². The maximum Gasteiger partial charge on any atom is 0.0807 e. The zero-order valence-corrected chi connectivity index (χ0v) is 14.8. The number of pyridine rings is 1. The quantitative estimate of drug-likeness (QED) is 0.805.